The van der Waals surface area contributed by atoms with Crippen LogP contribution in [-0.2, 0) is 9.53 Å². The number of carbonyl (C=O) groups is 2. The van der Waals surface area contributed by atoms with Crippen LogP contribution in [0.15, 0.2) is 47.2 Å². The number of thiophene rings is 1. The van der Waals surface area contributed by atoms with E-state index in [0.717, 1.165) is 9.88 Å². The quantitative estimate of drug-likeness (QED) is 0.579. The van der Waals surface area contributed by atoms with Crippen LogP contribution >= 0.6 is 22.7 Å². The van der Waals surface area contributed by atoms with Gasteiger partial charge in [-0.05, 0) is 42.0 Å². The summed E-state index contributed by atoms with van der Waals surface area (Å²) in [6.07, 6.45) is -0.922. The smallest absolute Gasteiger partial charge is 0.358 e. The highest BCUT2D eigenvalue weighted by molar-refractivity contribution is 7.20. The topological polar surface area (TPSA) is 68.3 Å². The van der Waals surface area contributed by atoms with Gasteiger partial charge < -0.3 is 10.1 Å². The summed E-state index contributed by atoms with van der Waals surface area (Å²) in [6, 6.07) is 11.5. The van der Waals surface area contributed by atoms with Crippen LogP contribution in [0.2, 0.25) is 0 Å². The predicted octanol–water partition coefficient (Wildman–Crippen LogP) is 5.18. The minimum atomic E-state index is -0.922. The van der Waals surface area contributed by atoms with Gasteiger partial charge in [0.1, 0.15) is 5.01 Å². The van der Waals surface area contributed by atoms with Crippen molar-refractivity contribution in [3.8, 4) is 9.88 Å². The third kappa shape index (κ3) is 4.81. The highest BCUT2D eigenvalue weighted by Gasteiger charge is 2.21. The number of hydrogen-bond acceptors (Lipinski definition) is 6. The van der Waals surface area contributed by atoms with Gasteiger partial charge in [-0.2, -0.15) is 0 Å². The minimum absolute atomic E-state index is 0.212. The Balaban J connectivity index is 1.58. The SMILES string of the molecule is CC(C)c1ccc(NC(=O)[C@H](C)OC(=O)c2csc(-c3cccs3)n2)cc1. The number of benzene rings is 1. The monoisotopic (exact) mass is 400 g/mol. The number of rotatable bonds is 6. The molecule has 0 saturated carbocycles. The Hall–Kier alpha value is -2.51. The number of amides is 1. The van der Waals surface area contributed by atoms with E-state index in [0.29, 0.717) is 11.6 Å². The lowest BCUT2D eigenvalue weighted by Crippen LogP contribution is -2.30. The highest BCUT2D eigenvalue weighted by Crippen LogP contribution is 2.28. The van der Waals surface area contributed by atoms with Gasteiger partial charge in [0.05, 0.1) is 4.88 Å². The van der Waals surface area contributed by atoms with Gasteiger partial charge in [-0.1, -0.05) is 32.0 Å². The van der Waals surface area contributed by atoms with Gasteiger partial charge in [0.2, 0.25) is 0 Å². The molecule has 0 spiro atoms. The largest absolute Gasteiger partial charge is 0.448 e. The van der Waals surface area contributed by atoms with E-state index in [1.165, 1.54) is 16.9 Å². The van der Waals surface area contributed by atoms with Crippen molar-refractivity contribution in [2.45, 2.75) is 32.8 Å². The molecule has 0 aliphatic heterocycles. The maximum atomic E-state index is 12.3. The number of thiazole rings is 1. The fourth-order valence-electron chi connectivity index (χ4n) is 2.35. The summed E-state index contributed by atoms with van der Waals surface area (Å²) in [5.41, 5.74) is 2.07. The van der Waals surface area contributed by atoms with E-state index in [2.05, 4.69) is 24.1 Å². The van der Waals surface area contributed by atoms with Crippen molar-refractivity contribution in [3.63, 3.8) is 0 Å². The molecule has 5 nitrogen and oxygen atoms in total. The first-order chi connectivity index (χ1) is 12.9. The van der Waals surface area contributed by atoms with Gasteiger partial charge in [-0.15, -0.1) is 22.7 Å². The van der Waals surface area contributed by atoms with Crippen LogP contribution in [0.25, 0.3) is 9.88 Å². The highest BCUT2D eigenvalue weighted by atomic mass is 32.1. The van der Waals surface area contributed by atoms with Crippen LogP contribution in [0.5, 0.6) is 0 Å². The van der Waals surface area contributed by atoms with Crippen molar-refractivity contribution < 1.29 is 14.3 Å². The van der Waals surface area contributed by atoms with E-state index in [1.54, 1.807) is 23.6 Å². The molecule has 2 aromatic heterocycles. The van der Waals surface area contributed by atoms with Gasteiger partial charge in [0, 0.05) is 11.1 Å². The first kappa shape index (κ1) is 19.3. The van der Waals surface area contributed by atoms with E-state index in [9.17, 15) is 9.59 Å². The minimum Gasteiger partial charge on any atom is -0.448 e. The second-order valence-corrected chi connectivity index (χ2v) is 8.13. The van der Waals surface area contributed by atoms with Crippen molar-refractivity contribution in [1.82, 2.24) is 4.98 Å². The number of esters is 1. The molecule has 140 valence electrons. The standard InChI is InChI=1S/C20H20N2O3S2/c1-12(2)14-6-8-15(9-7-14)21-18(23)13(3)25-20(24)16-11-27-19(22-16)17-5-4-10-26-17/h4-13H,1-3H3,(H,21,23)/t13-/m0/s1. The number of hydrogen-bond donors (Lipinski definition) is 1. The summed E-state index contributed by atoms with van der Waals surface area (Å²) < 4.78 is 5.26. The lowest BCUT2D eigenvalue weighted by molar-refractivity contribution is -0.123. The molecule has 0 bridgehead atoms. The summed E-state index contributed by atoms with van der Waals surface area (Å²) >= 11 is 2.93. The average molecular weight is 401 g/mol. The summed E-state index contributed by atoms with van der Waals surface area (Å²) in [6.45, 7) is 5.76. The third-order valence-corrected chi connectivity index (χ3v) is 5.82. The molecular formula is C20H20N2O3S2. The molecule has 1 amide bonds. The fourth-order valence-corrected chi connectivity index (χ4v) is 3.95. The zero-order valence-corrected chi connectivity index (χ0v) is 16.9. The molecule has 1 aromatic carbocycles. The van der Waals surface area contributed by atoms with Crippen LogP contribution in [0.3, 0.4) is 0 Å². The van der Waals surface area contributed by atoms with Gasteiger partial charge in [-0.25, -0.2) is 9.78 Å². The van der Waals surface area contributed by atoms with Crippen molar-refractivity contribution in [3.05, 3.63) is 58.4 Å². The second kappa shape index (κ2) is 8.45. The van der Waals surface area contributed by atoms with Crippen molar-refractivity contribution in [2.75, 3.05) is 5.32 Å². The fraction of sp³-hybridized carbons (Fsp3) is 0.250. The number of ether oxygens (including phenoxy) is 1. The molecule has 7 heteroatoms. The molecule has 2 heterocycles. The van der Waals surface area contributed by atoms with Crippen LogP contribution in [0.1, 0.15) is 42.7 Å². The van der Waals surface area contributed by atoms with Gasteiger partial charge in [0.15, 0.2) is 11.8 Å². The van der Waals surface area contributed by atoms with Crippen LogP contribution in [0.4, 0.5) is 5.69 Å². The Labute approximate surface area is 166 Å². The van der Waals surface area contributed by atoms with E-state index in [-0.39, 0.29) is 11.6 Å². The number of nitrogens with zero attached hydrogens (tertiary/aromatic N) is 1. The molecule has 0 unspecified atom stereocenters. The zero-order valence-electron chi connectivity index (χ0n) is 15.3. The molecule has 3 aromatic rings. The Morgan fingerprint density at radius 2 is 1.81 bits per heavy atom. The number of aromatic nitrogens is 1. The van der Waals surface area contributed by atoms with Crippen LogP contribution in [-0.4, -0.2) is 23.0 Å². The predicted molar refractivity (Wildman–Crippen MR) is 109 cm³/mol. The van der Waals surface area contributed by atoms with Gasteiger partial charge in [-0.3, -0.25) is 4.79 Å². The van der Waals surface area contributed by atoms with E-state index >= 15 is 0 Å². The Morgan fingerprint density at radius 1 is 1.07 bits per heavy atom. The molecule has 1 N–H and O–H groups in total. The Kier molecular flexibility index (Phi) is 6.03. The van der Waals surface area contributed by atoms with Crippen molar-refractivity contribution >= 4 is 40.2 Å². The third-order valence-electron chi connectivity index (χ3n) is 3.94. The van der Waals surface area contributed by atoms with Crippen molar-refractivity contribution in [1.29, 1.82) is 0 Å². The van der Waals surface area contributed by atoms with E-state index < -0.39 is 12.1 Å². The number of anilines is 1. The van der Waals surface area contributed by atoms with Gasteiger partial charge >= 0.3 is 5.97 Å². The maximum Gasteiger partial charge on any atom is 0.358 e. The second-order valence-electron chi connectivity index (χ2n) is 6.33. The lowest BCUT2D eigenvalue weighted by Gasteiger charge is -2.13. The molecule has 1 atom stereocenters. The normalized spacial score (nSPS) is 12.0. The summed E-state index contributed by atoms with van der Waals surface area (Å²) in [5, 5.41) is 7.12. The first-order valence-electron chi connectivity index (χ1n) is 8.55. The van der Waals surface area contributed by atoms with Gasteiger partial charge in [0.25, 0.3) is 5.91 Å². The number of nitrogens with one attached hydrogen (secondary N) is 1. The average Bonchev–Trinajstić information content (AvgIpc) is 3.33. The summed E-state index contributed by atoms with van der Waals surface area (Å²) in [7, 11) is 0. The molecule has 27 heavy (non-hydrogen) atoms. The van der Waals surface area contributed by atoms with Crippen LogP contribution in [0, 0.1) is 0 Å². The summed E-state index contributed by atoms with van der Waals surface area (Å²) in [5.74, 6) is -0.562. The molecule has 0 radical (unpaired) electrons. The van der Waals surface area contributed by atoms with E-state index in [1.807, 2.05) is 41.8 Å². The number of carbonyl (C=O) groups excluding carboxylic acids is 2. The molecule has 3 rings (SSSR count). The van der Waals surface area contributed by atoms with Crippen LogP contribution < -0.4 is 5.32 Å². The molecule has 0 aliphatic rings. The molecule has 0 saturated heterocycles. The molecule has 0 fully saturated rings. The Bertz CT molecular complexity index is 915. The maximum absolute atomic E-state index is 12.3. The van der Waals surface area contributed by atoms with E-state index in [4.69, 9.17) is 4.74 Å². The molecular weight excluding hydrogens is 380 g/mol. The summed E-state index contributed by atoms with van der Waals surface area (Å²) in [4.78, 5) is 29.8. The van der Waals surface area contributed by atoms with Crippen molar-refractivity contribution in [2.24, 2.45) is 0 Å². The first-order valence-corrected chi connectivity index (χ1v) is 10.3. The molecule has 0 aliphatic carbocycles. The zero-order chi connectivity index (χ0) is 19.4. The Morgan fingerprint density at radius 3 is 2.44 bits per heavy atom. The lowest BCUT2D eigenvalue weighted by atomic mass is 10.0.